The predicted octanol–water partition coefficient (Wildman–Crippen LogP) is 2.48. The summed E-state index contributed by atoms with van der Waals surface area (Å²) in [6.45, 7) is 4.44. The molecular weight excluding hydrogens is 234 g/mol. The molecule has 1 aromatic rings. The second-order valence-corrected chi connectivity index (χ2v) is 6.09. The minimum absolute atomic E-state index is 0.205. The van der Waals surface area contributed by atoms with E-state index in [9.17, 15) is 4.21 Å². The largest absolute Gasteiger partial charge is 0.494 e. The molecule has 0 radical (unpaired) electrons. The van der Waals surface area contributed by atoms with Crippen LogP contribution in [0.25, 0.3) is 0 Å². The Morgan fingerprint density at radius 2 is 2.24 bits per heavy atom. The van der Waals surface area contributed by atoms with E-state index in [0.717, 1.165) is 6.42 Å². The summed E-state index contributed by atoms with van der Waals surface area (Å²) in [4.78, 5) is 0. The second-order valence-electron chi connectivity index (χ2n) is 3.98. The van der Waals surface area contributed by atoms with E-state index in [4.69, 9.17) is 10.00 Å². The van der Waals surface area contributed by atoms with Gasteiger partial charge in [-0.05, 0) is 24.6 Å². The van der Waals surface area contributed by atoms with Crippen LogP contribution in [0.15, 0.2) is 24.3 Å². The van der Waals surface area contributed by atoms with Crippen LogP contribution in [0.4, 0.5) is 0 Å². The number of rotatable bonds is 6. The first-order chi connectivity index (χ1) is 8.13. The molecule has 3 nitrogen and oxygen atoms in total. The lowest BCUT2D eigenvalue weighted by Crippen LogP contribution is -2.12. The van der Waals surface area contributed by atoms with Crippen molar-refractivity contribution < 1.29 is 8.95 Å². The third-order valence-electron chi connectivity index (χ3n) is 2.25. The van der Waals surface area contributed by atoms with Crippen molar-refractivity contribution in [2.24, 2.45) is 0 Å². The molecule has 0 heterocycles. The van der Waals surface area contributed by atoms with E-state index in [2.05, 4.69) is 6.07 Å². The maximum absolute atomic E-state index is 11.5. The van der Waals surface area contributed by atoms with Gasteiger partial charge >= 0.3 is 0 Å². The Balaban J connectivity index is 2.31. The van der Waals surface area contributed by atoms with E-state index in [1.54, 1.807) is 18.2 Å². The minimum atomic E-state index is -0.768. The molecule has 1 unspecified atom stereocenters. The normalized spacial score (nSPS) is 12.1. The Morgan fingerprint density at radius 3 is 2.88 bits per heavy atom. The van der Waals surface area contributed by atoms with Crippen molar-refractivity contribution >= 4 is 10.8 Å². The Morgan fingerprint density at radius 1 is 1.47 bits per heavy atom. The van der Waals surface area contributed by atoms with Gasteiger partial charge in [0.25, 0.3) is 0 Å². The number of benzene rings is 1. The molecule has 0 bridgehead atoms. The smallest absolute Gasteiger partial charge is 0.120 e. The van der Waals surface area contributed by atoms with Crippen LogP contribution >= 0.6 is 0 Å². The molecule has 0 aliphatic heterocycles. The van der Waals surface area contributed by atoms with E-state index in [1.165, 1.54) is 0 Å². The standard InChI is InChI=1S/C13H17NO2S/c1-11(2)17(15)8-4-7-16-13-6-3-5-12(9-13)10-14/h3,5-6,9,11H,4,7-8H2,1-2H3. The van der Waals surface area contributed by atoms with Crippen LogP contribution in [0.1, 0.15) is 25.8 Å². The Labute approximate surface area is 105 Å². The highest BCUT2D eigenvalue weighted by Crippen LogP contribution is 2.12. The lowest BCUT2D eigenvalue weighted by molar-refractivity contribution is 0.318. The summed E-state index contributed by atoms with van der Waals surface area (Å²) in [5.74, 6) is 1.36. The van der Waals surface area contributed by atoms with Gasteiger partial charge < -0.3 is 4.74 Å². The molecular formula is C13H17NO2S. The summed E-state index contributed by atoms with van der Waals surface area (Å²) in [6, 6.07) is 9.12. The molecule has 0 aromatic heterocycles. The van der Waals surface area contributed by atoms with Crippen molar-refractivity contribution in [3.05, 3.63) is 29.8 Å². The van der Waals surface area contributed by atoms with Crippen LogP contribution in [0.2, 0.25) is 0 Å². The summed E-state index contributed by atoms with van der Waals surface area (Å²) < 4.78 is 17.0. The summed E-state index contributed by atoms with van der Waals surface area (Å²) in [7, 11) is -0.768. The van der Waals surface area contributed by atoms with Crippen LogP contribution in [-0.4, -0.2) is 21.8 Å². The van der Waals surface area contributed by atoms with Gasteiger partial charge in [0.2, 0.25) is 0 Å². The zero-order chi connectivity index (χ0) is 12.7. The van der Waals surface area contributed by atoms with Gasteiger partial charge in [-0.25, -0.2) is 0 Å². The van der Waals surface area contributed by atoms with Crippen molar-refractivity contribution in [1.29, 1.82) is 5.26 Å². The zero-order valence-corrected chi connectivity index (χ0v) is 11.0. The van der Waals surface area contributed by atoms with Crippen molar-refractivity contribution in [2.45, 2.75) is 25.5 Å². The van der Waals surface area contributed by atoms with Gasteiger partial charge in [-0.3, -0.25) is 4.21 Å². The van der Waals surface area contributed by atoms with Gasteiger partial charge in [-0.1, -0.05) is 19.9 Å². The number of nitriles is 1. The molecule has 0 amide bonds. The van der Waals surface area contributed by atoms with E-state index in [0.29, 0.717) is 23.7 Å². The van der Waals surface area contributed by atoms with Gasteiger partial charge in [0, 0.05) is 21.8 Å². The molecule has 0 aliphatic rings. The lowest BCUT2D eigenvalue weighted by Gasteiger charge is -2.07. The third-order valence-corrected chi connectivity index (χ3v) is 3.99. The molecule has 1 aromatic carbocycles. The maximum Gasteiger partial charge on any atom is 0.120 e. The van der Waals surface area contributed by atoms with E-state index in [1.807, 2.05) is 19.9 Å². The summed E-state index contributed by atoms with van der Waals surface area (Å²) in [5.41, 5.74) is 0.591. The first-order valence-electron chi connectivity index (χ1n) is 5.63. The van der Waals surface area contributed by atoms with Crippen LogP contribution in [-0.2, 0) is 10.8 Å². The first kappa shape index (κ1) is 13.7. The number of hydrogen-bond acceptors (Lipinski definition) is 3. The highest BCUT2D eigenvalue weighted by atomic mass is 32.2. The van der Waals surface area contributed by atoms with Crippen molar-refractivity contribution in [3.63, 3.8) is 0 Å². The van der Waals surface area contributed by atoms with Gasteiger partial charge in [0.15, 0.2) is 0 Å². The molecule has 4 heteroatoms. The van der Waals surface area contributed by atoms with E-state index < -0.39 is 10.8 Å². The molecule has 1 atom stereocenters. The van der Waals surface area contributed by atoms with Crippen LogP contribution in [0, 0.1) is 11.3 Å². The fourth-order valence-electron chi connectivity index (χ4n) is 1.28. The SMILES string of the molecule is CC(C)S(=O)CCCOc1cccc(C#N)c1. The number of nitrogens with zero attached hydrogens (tertiary/aromatic N) is 1. The fraction of sp³-hybridized carbons (Fsp3) is 0.462. The average molecular weight is 251 g/mol. The molecule has 0 saturated carbocycles. The minimum Gasteiger partial charge on any atom is -0.494 e. The van der Waals surface area contributed by atoms with Gasteiger partial charge in [0.05, 0.1) is 18.2 Å². The number of ether oxygens (including phenoxy) is 1. The number of hydrogen-bond donors (Lipinski definition) is 0. The second kappa shape index (κ2) is 7.08. The quantitative estimate of drug-likeness (QED) is 0.730. The summed E-state index contributed by atoms with van der Waals surface area (Å²) in [6.07, 6.45) is 0.765. The van der Waals surface area contributed by atoms with Crippen LogP contribution in [0.3, 0.4) is 0 Å². The van der Waals surface area contributed by atoms with Crippen molar-refractivity contribution in [1.82, 2.24) is 0 Å². The summed E-state index contributed by atoms with van der Waals surface area (Å²) >= 11 is 0. The van der Waals surface area contributed by atoms with Crippen molar-refractivity contribution in [2.75, 3.05) is 12.4 Å². The topological polar surface area (TPSA) is 50.1 Å². The van der Waals surface area contributed by atoms with E-state index in [-0.39, 0.29) is 5.25 Å². The fourth-order valence-corrected chi connectivity index (χ4v) is 2.16. The lowest BCUT2D eigenvalue weighted by atomic mass is 10.2. The Bertz CT molecular complexity index is 424. The third kappa shape index (κ3) is 5.01. The molecule has 92 valence electrons. The highest BCUT2D eigenvalue weighted by molar-refractivity contribution is 7.85. The molecule has 0 saturated heterocycles. The van der Waals surface area contributed by atoms with Crippen molar-refractivity contribution in [3.8, 4) is 11.8 Å². The van der Waals surface area contributed by atoms with E-state index >= 15 is 0 Å². The summed E-state index contributed by atoms with van der Waals surface area (Å²) in [5, 5.41) is 8.93. The molecule has 17 heavy (non-hydrogen) atoms. The predicted molar refractivity (Wildman–Crippen MR) is 69.4 cm³/mol. The van der Waals surface area contributed by atoms with Crippen LogP contribution < -0.4 is 4.74 Å². The van der Waals surface area contributed by atoms with Gasteiger partial charge in [-0.15, -0.1) is 0 Å². The molecule has 0 aliphatic carbocycles. The molecule has 0 N–H and O–H groups in total. The molecule has 0 fully saturated rings. The molecule has 0 spiro atoms. The molecule has 1 rings (SSSR count). The van der Waals surface area contributed by atoms with Gasteiger partial charge in [0.1, 0.15) is 5.75 Å². The maximum atomic E-state index is 11.5. The monoisotopic (exact) mass is 251 g/mol. The Kier molecular flexibility index (Phi) is 5.71. The average Bonchev–Trinajstić information content (AvgIpc) is 2.34. The van der Waals surface area contributed by atoms with Gasteiger partial charge in [-0.2, -0.15) is 5.26 Å². The van der Waals surface area contributed by atoms with Crippen LogP contribution in [0.5, 0.6) is 5.75 Å². The Hall–Kier alpha value is -1.34. The highest BCUT2D eigenvalue weighted by Gasteiger charge is 2.04. The zero-order valence-electron chi connectivity index (χ0n) is 10.2. The first-order valence-corrected chi connectivity index (χ1v) is 7.02.